The van der Waals surface area contributed by atoms with Crippen LogP contribution in [0.15, 0.2) is 35.4 Å². The zero-order valence-electron chi connectivity index (χ0n) is 12.3. The van der Waals surface area contributed by atoms with E-state index < -0.39 is 0 Å². The minimum Gasteiger partial charge on any atom is -0.311 e. The molecule has 1 unspecified atom stereocenters. The summed E-state index contributed by atoms with van der Waals surface area (Å²) in [5.41, 5.74) is 0.943. The topological polar surface area (TPSA) is 29.9 Å². The molecule has 21 heavy (non-hydrogen) atoms. The largest absolute Gasteiger partial charge is 0.311 e. The highest BCUT2D eigenvalue weighted by atomic mass is 35.5. The highest BCUT2D eigenvalue weighted by Crippen LogP contribution is 2.31. The fraction of sp³-hybridized carbons (Fsp3) is 0.400. The van der Waals surface area contributed by atoms with Crippen molar-refractivity contribution in [3.63, 3.8) is 0 Å². The normalized spacial score (nSPS) is 12.9. The lowest BCUT2D eigenvalue weighted by atomic mass is 10.2. The van der Waals surface area contributed by atoms with Crippen LogP contribution in [0.1, 0.15) is 31.6 Å². The van der Waals surface area contributed by atoms with Crippen LogP contribution >= 0.6 is 23.4 Å². The van der Waals surface area contributed by atoms with Crippen molar-refractivity contribution in [1.29, 1.82) is 0 Å². The van der Waals surface area contributed by atoms with E-state index in [0.29, 0.717) is 15.7 Å². The van der Waals surface area contributed by atoms with E-state index in [4.69, 9.17) is 11.6 Å². The summed E-state index contributed by atoms with van der Waals surface area (Å²) in [4.78, 5) is 0.643. The van der Waals surface area contributed by atoms with Crippen molar-refractivity contribution in [3.8, 4) is 0 Å². The van der Waals surface area contributed by atoms with E-state index in [2.05, 4.69) is 24.3 Å². The average Bonchev–Trinajstić information content (AvgIpc) is 2.84. The van der Waals surface area contributed by atoms with Crippen molar-refractivity contribution < 1.29 is 4.39 Å². The summed E-state index contributed by atoms with van der Waals surface area (Å²) < 4.78 is 15.6. The first-order valence-electron chi connectivity index (χ1n) is 6.82. The van der Waals surface area contributed by atoms with E-state index in [1.807, 2.05) is 17.8 Å². The third-order valence-corrected chi connectivity index (χ3v) is 4.63. The molecule has 0 spiro atoms. The molecule has 1 atom stereocenters. The Morgan fingerprint density at radius 1 is 1.38 bits per heavy atom. The first-order valence-corrected chi connectivity index (χ1v) is 8.18. The number of aromatic nitrogens is 2. The standard InChI is InChI=1S/C15H19ClFN3S/c1-10(2)20-15(11(16)8-19-20)13(18-3)9-21-14-7-5-4-6-12(14)17/h4-8,10,13,18H,9H2,1-3H3. The van der Waals surface area contributed by atoms with Crippen molar-refractivity contribution in [2.75, 3.05) is 12.8 Å². The maximum atomic E-state index is 13.7. The van der Waals surface area contributed by atoms with Crippen LogP contribution in [0.5, 0.6) is 0 Å². The quantitative estimate of drug-likeness (QED) is 0.802. The number of hydrogen-bond donors (Lipinski definition) is 1. The van der Waals surface area contributed by atoms with Gasteiger partial charge in [0.2, 0.25) is 0 Å². The molecule has 2 rings (SSSR count). The summed E-state index contributed by atoms with van der Waals surface area (Å²) >= 11 is 7.74. The van der Waals surface area contributed by atoms with Gasteiger partial charge in [-0.1, -0.05) is 23.7 Å². The number of nitrogens with zero attached hydrogens (tertiary/aromatic N) is 2. The maximum absolute atomic E-state index is 13.7. The Kier molecular flexibility index (Phi) is 5.67. The Labute approximate surface area is 133 Å². The molecule has 0 aliphatic rings. The highest BCUT2D eigenvalue weighted by molar-refractivity contribution is 7.99. The highest BCUT2D eigenvalue weighted by Gasteiger charge is 2.21. The molecule has 6 heteroatoms. The number of halogens is 2. The number of hydrogen-bond acceptors (Lipinski definition) is 3. The molecule has 0 radical (unpaired) electrons. The van der Waals surface area contributed by atoms with Crippen molar-refractivity contribution in [1.82, 2.24) is 15.1 Å². The molecule has 0 fully saturated rings. The summed E-state index contributed by atoms with van der Waals surface area (Å²) in [5.74, 6) is 0.482. The number of nitrogens with one attached hydrogen (secondary N) is 1. The lowest BCUT2D eigenvalue weighted by Crippen LogP contribution is -2.23. The Morgan fingerprint density at radius 2 is 2.10 bits per heavy atom. The van der Waals surface area contributed by atoms with Crippen LogP contribution in [0.3, 0.4) is 0 Å². The molecule has 0 saturated carbocycles. The molecule has 1 aromatic carbocycles. The van der Waals surface area contributed by atoms with Crippen LogP contribution < -0.4 is 5.32 Å². The van der Waals surface area contributed by atoms with E-state index in [0.717, 1.165) is 5.69 Å². The van der Waals surface area contributed by atoms with Gasteiger partial charge < -0.3 is 5.32 Å². The van der Waals surface area contributed by atoms with Crippen LogP contribution in [0.4, 0.5) is 4.39 Å². The molecule has 0 aliphatic carbocycles. The fourth-order valence-corrected chi connectivity index (χ4v) is 3.44. The van der Waals surface area contributed by atoms with Gasteiger partial charge in [-0.25, -0.2) is 4.39 Å². The van der Waals surface area contributed by atoms with E-state index in [9.17, 15) is 4.39 Å². The molecule has 2 aromatic rings. The van der Waals surface area contributed by atoms with Crippen molar-refractivity contribution in [2.45, 2.75) is 30.8 Å². The van der Waals surface area contributed by atoms with Gasteiger partial charge in [-0.3, -0.25) is 4.68 Å². The van der Waals surface area contributed by atoms with Gasteiger partial charge in [0.05, 0.1) is 23.0 Å². The second-order valence-corrected chi connectivity index (χ2v) is 6.47. The summed E-state index contributed by atoms with van der Waals surface area (Å²) in [6.45, 7) is 4.12. The first kappa shape index (κ1) is 16.3. The van der Waals surface area contributed by atoms with Gasteiger partial charge in [0.15, 0.2) is 0 Å². The summed E-state index contributed by atoms with van der Waals surface area (Å²) in [7, 11) is 1.88. The second-order valence-electron chi connectivity index (χ2n) is 5.00. The van der Waals surface area contributed by atoms with Crippen molar-refractivity contribution in [3.05, 3.63) is 47.0 Å². The second kappa shape index (κ2) is 7.29. The third kappa shape index (κ3) is 3.78. The SMILES string of the molecule is CNC(CSc1ccccc1F)c1c(Cl)cnn1C(C)C. The van der Waals surface area contributed by atoms with Crippen LogP contribution in [-0.4, -0.2) is 22.6 Å². The summed E-state index contributed by atoms with van der Waals surface area (Å²) in [6.07, 6.45) is 1.66. The van der Waals surface area contributed by atoms with Crippen molar-refractivity contribution >= 4 is 23.4 Å². The van der Waals surface area contributed by atoms with E-state index in [1.165, 1.54) is 17.8 Å². The number of benzene rings is 1. The number of thioether (sulfide) groups is 1. The van der Waals surface area contributed by atoms with Crippen LogP contribution in [0.25, 0.3) is 0 Å². The smallest absolute Gasteiger partial charge is 0.136 e. The Morgan fingerprint density at radius 3 is 2.71 bits per heavy atom. The van der Waals surface area contributed by atoms with E-state index in [-0.39, 0.29) is 17.9 Å². The molecule has 0 saturated heterocycles. The van der Waals surface area contributed by atoms with Gasteiger partial charge >= 0.3 is 0 Å². The van der Waals surface area contributed by atoms with Gasteiger partial charge in [0, 0.05) is 16.7 Å². The number of rotatable bonds is 6. The molecule has 0 amide bonds. The van der Waals surface area contributed by atoms with Gasteiger partial charge in [0.1, 0.15) is 5.82 Å². The monoisotopic (exact) mass is 327 g/mol. The predicted octanol–water partition coefficient (Wildman–Crippen LogP) is 4.31. The van der Waals surface area contributed by atoms with Gasteiger partial charge in [0.25, 0.3) is 0 Å². The lowest BCUT2D eigenvalue weighted by Gasteiger charge is -2.20. The zero-order chi connectivity index (χ0) is 15.4. The van der Waals surface area contributed by atoms with E-state index >= 15 is 0 Å². The Bertz CT molecular complexity index is 600. The first-order chi connectivity index (χ1) is 10.0. The zero-order valence-corrected chi connectivity index (χ0v) is 13.9. The predicted molar refractivity (Wildman–Crippen MR) is 86.5 cm³/mol. The van der Waals surface area contributed by atoms with Crippen LogP contribution in [0, 0.1) is 5.82 Å². The molecular weight excluding hydrogens is 309 g/mol. The summed E-state index contributed by atoms with van der Waals surface area (Å²) in [6, 6.07) is 7.02. The Balaban J connectivity index is 2.17. The maximum Gasteiger partial charge on any atom is 0.136 e. The molecule has 3 nitrogen and oxygen atoms in total. The average molecular weight is 328 g/mol. The fourth-order valence-electron chi connectivity index (χ4n) is 2.12. The minimum absolute atomic E-state index is 0.00649. The molecular formula is C15H19ClFN3S. The van der Waals surface area contributed by atoms with Crippen LogP contribution in [0.2, 0.25) is 5.02 Å². The molecule has 1 N–H and O–H groups in total. The van der Waals surface area contributed by atoms with Gasteiger partial charge in [-0.15, -0.1) is 11.8 Å². The molecule has 114 valence electrons. The molecule has 0 aliphatic heterocycles. The van der Waals surface area contributed by atoms with Gasteiger partial charge in [-0.2, -0.15) is 5.10 Å². The van der Waals surface area contributed by atoms with Crippen LogP contribution in [-0.2, 0) is 0 Å². The van der Waals surface area contributed by atoms with E-state index in [1.54, 1.807) is 18.3 Å². The molecule has 1 heterocycles. The molecule has 0 bridgehead atoms. The van der Waals surface area contributed by atoms with Gasteiger partial charge in [-0.05, 0) is 33.0 Å². The van der Waals surface area contributed by atoms with Crippen molar-refractivity contribution in [2.24, 2.45) is 0 Å². The Hall–Kier alpha value is -1.04. The third-order valence-electron chi connectivity index (χ3n) is 3.20. The minimum atomic E-state index is -0.194. The lowest BCUT2D eigenvalue weighted by molar-refractivity contribution is 0.477. The summed E-state index contributed by atoms with van der Waals surface area (Å²) in [5, 5.41) is 8.20. The molecule has 1 aromatic heterocycles.